The fourth-order valence-corrected chi connectivity index (χ4v) is 2.35. The summed E-state index contributed by atoms with van der Waals surface area (Å²) in [4.78, 5) is 15.1. The summed E-state index contributed by atoms with van der Waals surface area (Å²) >= 11 is 6.15. The van der Waals surface area contributed by atoms with Crippen molar-refractivity contribution in [3.05, 3.63) is 28.9 Å². The van der Waals surface area contributed by atoms with E-state index in [1.165, 1.54) is 30.5 Å². The van der Waals surface area contributed by atoms with Crippen molar-refractivity contribution in [2.75, 3.05) is 5.32 Å². The number of carbonyl (C=O) groups excluding carboxylic acids is 1. The first-order valence-electron chi connectivity index (χ1n) is 6.23. The molecule has 6 heteroatoms. The molecular formula is C13H16ClN3O2. The molecule has 0 bridgehead atoms. The Balaban J connectivity index is 2.03. The summed E-state index contributed by atoms with van der Waals surface area (Å²) in [5, 5.41) is 12.2. The van der Waals surface area contributed by atoms with Crippen LogP contribution in [0, 0.1) is 0 Å². The largest absolute Gasteiger partial charge is 0.366 e. The number of amides is 1. The summed E-state index contributed by atoms with van der Waals surface area (Å²) in [5.41, 5.74) is 2.22. The normalized spacial score (nSPS) is 15.9. The van der Waals surface area contributed by atoms with Crippen LogP contribution in [0.1, 0.15) is 31.2 Å². The highest BCUT2D eigenvalue weighted by Gasteiger charge is 2.16. The van der Waals surface area contributed by atoms with E-state index in [1.54, 1.807) is 12.3 Å². The number of hydrogen-bond donors (Lipinski definition) is 3. The number of nitrogens with zero attached hydrogens (tertiary/aromatic N) is 1. The monoisotopic (exact) mass is 281 g/mol. The van der Waals surface area contributed by atoms with Crippen LogP contribution < -0.4 is 10.8 Å². The third-order valence-corrected chi connectivity index (χ3v) is 3.38. The summed E-state index contributed by atoms with van der Waals surface area (Å²) in [5.74, 6) is 0.0848. The standard InChI is InChI=1S/C13H16ClN3O2/c14-11-7-9(5-6-12(18)17-19)8-15-13(11)16-10-3-1-2-4-10/h5-8,10,19H,1-4H2,(H,15,16)(H,17,18)/b6-5+. The van der Waals surface area contributed by atoms with Crippen LogP contribution in [0.15, 0.2) is 18.3 Å². The van der Waals surface area contributed by atoms with Gasteiger partial charge in [0.1, 0.15) is 5.82 Å². The lowest BCUT2D eigenvalue weighted by atomic mass is 10.2. The highest BCUT2D eigenvalue weighted by molar-refractivity contribution is 6.33. The van der Waals surface area contributed by atoms with E-state index >= 15 is 0 Å². The zero-order valence-electron chi connectivity index (χ0n) is 10.4. The van der Waals surface area contributed by atoms with E-state index in [-0.39, 0.29) is 0 Å². The van der Waals surface area contributed by atoms with Crippen LogP contribution in [0.25, 0.3) is 6.08 Å². The van der Waals surface area contributed by atoms with E-state index in [9.17, 15) is 4.79 Å². The number of aromatic nitrogens is 1. The molecule has 1 amide bonds. The summed E-state index contributed by atoms with van der Waals surface area (Å²) < 4.78 is 0. The van der Waals surface area contributed by atoms with Gasteiger partial charge in [-0.05, 0) is 30.5 Å². The minimum absolute atomic E-state index is 0.451. The van der Waals surface area contributed by atoms with Crippen LogP contribution in [0.2, 0.25) is 5.02 Å². The van der Waals surface area contributed by atoms with Crippen molar-refractivity contribution in [2.45, 2.75) is 31.7 Å². The predicted octanol–water partition coefficient (Wildman–Crippen LogP) is 2.61. The van der Waals surface area contributed by atoms with Crippen molar-refractivity contribution in [1.29, 1.82) is 0 Å². The fraction of sp³-hybridized carbons (Fsp3) is 0.385. The van der Waals surface area contributed by atoms with Crippen LogP contribution in [-0.4, -0.2) is 22.1 Å². The minimum Gasteiger partial charge on any atom is -0.366 e. The Bertz CT molecular complexity index is 485. The van der Waals surface area contributed by atoms with Crippen LogP contribution in [0.5, 0.6) is 0 Å². The average molecular weight is 282 g/mol. The maximum Gasteiger partial charge on any atom is 0.267 e. The van der Waals surface area contributed by atoms with E-state index in [1.807, 2.05) is 0 Å². The van der Waals surface area contributed by atoms with Gasteiger partial charge < -0.3 is 5.32 Å². The van der Waals surface area contributed by atoms with Crippen LogP contribution in [0.4, 0.5) is 5.82 Å². The van der Waals surface area contributed by atoms with Gasteiger partial charge in [-0.3, -0.25) is 10.0 Å². The van der Waals surface area contributed by atoms with Gasteiger partial charge in [-0.1, -0.05) is 24.4 Å². The number of hydroxylamine groups is 1. The molecular weight excluding hydrogens is 266 g/mol. The van der Waals surface area contributed by atoms with Crippen molar-refractivity contribution in [3.63, 3.8) is 0 Å². The van der Waals surface area contributed by atoms with Gasteiger partial charge >= 0.3 is 0 Å². The number of halogens is 1. The molecule has 0 atom stereocenters. The third-order valence-electron chi connectivity index (χ3n) is 3.10. The minimum atomic E-state index is -0.593. The Hall–Kier alpha value is -1.59. The second-order valence-corrected chi connectivity index (χ2v) is 4.94. The van der Waals surface area contributed by atoms with Gasteiger partial charge in [0.15, 0.2) is 0 Å². The molecule has 1 aromatic heterocycles. The van der Waals surface area contributed by atoms with Gasteiger partial charge in [0, 0.05) is 18.3 Å². The summed E-state index contributed by atoms with van der Waals surface area (Å²) in [7, 11) is 0. The second kappa shape index (κ2) is 6.54. The first-order valence-corrected chi connectivity index (χ1v) is 6.61. The maximum absolute atomic E-state index is 10.9. The van der Waals surface area contributed by atoms with Crippen LogP contribution in [-0.2, 0) is 4.79 Å². The SMILES string of the molecule is O=C(/C=C/c1cnc(NC2CCCC2)c(Cl)c1)NO. The third kappa shape index (κ3) is 3.94. The number of carbonyl (C=O) groups is 1. The van der Waals surface area contributed by atoms with E-state index in [0.717, 1.165) is 12.8 Å². The molecule has 0 unspecified atom stereocenters. The van der Waals surface area contributed by atoms with Crippen LogP contribution in [0.3, 0.4) is 0 Å². The molecule has 2 rings (SSSR count). The molecule has 102 valence electrons. The molecule has 1 aliphatic carbocycles. The number of anilines is 1. The van der Waals surface area contributed by atoms with Crippen molar-refractivity contribution < 1.29 is 10.0 Å². The topological polar surface area (TPSA) is 74.2 Å². The lowest BCUT2D eigenvalue weighted by Gasteiger charge is -2.13. The van der Waals surface area contributed by atoms with Crippen molar-refractivity contribution in [2.24, 2.45) is 0 Å². The average Bonchev–Trinajstić information content (AvgIpc) is 2.91. The molecule has 0 aliphatic heterocycles. The smallest absolute Gasteiger partial charge is 0.267 e. The van der Waals surface area contributed by atoms with E-state index in [2.05, 4.69) is 10.3 Å². The molecule has 1 aromatic rings. The molecule has 0 aromatic carbocycles. The van der Waals surface area contributed by atoms with Gasteiger partial charge in [-0.2, -0.15) is 0 Å². The predicted molar refractivity (Wildman–Crippen MR) is 74.1 cm³/mol. The van der Waals surface area contributed by atoms with Crippen molar-refractivity contribution in [1.82, 2.24) is 10.5 Å². The van der Waals surface area contributed by atoms with Crippen molar-refractivity contribution in [3.8, 4) is 0 Å². The van der Waals surface area contributed by atoms with E-state index in [4.69, 9.17) is 16.8 Å². The van der Waals surface area contributed by atoms with Gasteiger partial charge in [-0.15, -0.1) is 0 Å². The summed E-state index contributed by atoms with van der Waals surface area (Å²) in [6.07, 6.45) is 9.15. The van der Waals surface area contributed by atoms with E-state index < -0.39 is 5.91 Å². The summed E-state index contributed by atoms with van der Waals surface area (Å²) in [6.45, 7) is 0. The molecule has 5 nitrogen and oxygen atoms in total. The molecule has 1 aliphatic rings. The first kappa shape index (κ1) is 13.8. The molecule has 0 spiro atoms. The van der Waals surface area contributed by atoms with Gasteiger partial charge in [0.2, 0.25) is 0 Å². The lowest BCUT2D eigenvalue weighted by Crippen LogP contribution is -2.16. The van der Waals surface area contributed by atoms with Crippen molar-refractivity contribution >= 4 is 29.4 Å². The number of pyridine rings is 1. The Morgan fingerprint density at radius 1 is 1.47 bits per heavy atom. The maximum atomic E-state index is 10.9. The molecule has 3 N–H and O–H groups in total. The molecule has 0 radical (unpaired) electrons. The first-order chi connectivity index (χ1) is 9.19. The molecule has 0 saturated heterocycles. The highest BCUT2D eigenvalue weighted by Crippen LogP contribution is 2.26. The Morgan fingerprint density at radius 3 is 2.84 bits per heavy atom. The number of nitrogens with one attached hydrogen (secondary N) is 2. The number of hydrogen-bond acceptors (Lipinski definition) is 4. The van der Waals surface area contributed by atoms with Gasteiger partial charge in [-0.25, -0.2) is 10.5 Å². The number of rotatable bonds is 4. The molecule has 1 fully saturated rings. The zero-order valence-corrected chi connectivity index (χ0v) is 11.2. The fourth-order valence-electron chi connectivity index (χ4n) is 2.12. The zero-order chi connectivity index (χ0) is 13.7. The quantitative estimate of drug-likeness (QED) is 0.450. The molecule has 1 heterocycles. The molecule has 19 heavy (non-hydrogen) atoms. The lowest BCUT2D eigenvalue weighted by molar-refractivity contribution is -0.124. The van der Waals surface area contributed by atoms with Gasteiger partial charge in [0.05, 0.1) is 5.02 Å². The summed E-state index contributed by atoms with van der Waals surface area (Å²) in [6, 6.07) is 2.18. The Morgan fingerprint density at radius 2 is 2.21 bits per heavy atom. The van der Waals surface area contributed by atoms with Crippen LogP contribution >= 0.6 is 11.6 Å². The Labute approximate surface area is 116 Å². The Kier molecular flexibility index (Phi) is 4.76. The second-order valence-electron chi connectivity index (χ2n) is 4.53. The van der Waals surface area contributed by atoms with Gasteiger partial charge in [0.25, 0.3) is 5.91 Å². The van der Waals surface area contributed by atoms with E-state index in [0.29, 0.717) is 22.4 Å². The molecule has 1 saturated carbocycles. The highest BCUT2D eigenvalue weighted by atomic mass is 35.5.